The van der Waals surface area contributed by atoms with E-state index in [0.29, 0.717) is 18.2 Å². The van der Waals surface area contributed by atoms with Gasteiger partial charge in [0, 0.05) is 18.8 Å². The first-order valence-electron chi connectivity index (χ1n) is 9.70. The van der Waals surface area contributed by atoms with Gasteiger partial charge in [-0.05, 0) is 42.9 Å². The largest absolute Gasteiger partial charge is 0.365 e. The van der Waals surface area contributed by atoms with E-state index in [9.17, 15) is 9.18 Å². The van der Waals surface area contributed by atoms with Crippen LogP contribution < -0.4 is 22.1 Å². The third-order valence-corrected chi connectivity index (χ3v) is 4.84. The normalized spacial score (nSPS) is 14.5. The van der Waals surface area contributed by atoms with Crippen molar-refractivity contribution in [3.8, 4) is 0 Å². The topological polar surface area (TPSA) is 119 Å². The van der Waals surface area contributed by atoms with E-state index >= 15 is 0 Å². The van der Waals surface area contributed by atoms with Crippen LogP contribution >= 0.6 is 0 Å². The van der Waals surface area contributed by atoms with E-state index in [1.807, 2.05) is 12.3 Å². The monoisotopic (exact) mass is 386 g/mol. The molecule has 0 aromatic carbocycles. The summed E-state index contributed by atoms with van der Waals surface area (Å²) in [5.74, 6) is -0.623. The van der Waals surface area contributed by atoms with Crippen LogP contribution in [0.1, 0.15) is 60.9 Å². The van der Waals surface area contributed by atoms with Crippen molar-refractivity contribution in [3.63, 3.8) is 0 Å². The highest BCUT2D eigenvalue weighted by atomic mass is 19.1. The smallest absolute Gasteiger partial charge is 0.252 e. The number of carbonyl (C=O) groups excluding carboxylic acids is 1. The van der Waals surface area contributed by atoms with Gasteiger partial charge in [0.1, 0.15) is 5.82 Å². The first-order valence-corrected chi connectivity index (χ1v) is 9.70. The number of nitrogens with one attached hydrogen (secondary N) is 2. The quantitative estimate of drug-likeness (QED) is 0.498. The second-order valence-electron chi connectivity index (χ2n) is 7.20. The second kappa shape index (κ2) is 8.97. The molecule has 1 saturated carbocycles. The van der Waals surface area contributed by atoms with Gasteiger partial charge in [-0.2, -0.15) is 0 Å². The fourth-order valence-electron chi connectivity index (χ4n) is 3.07. The van der Waals surface area contributed by atoms with Gasteiger partial charge in [-0.15, -0.1) is 0 Å². The maximum absolute atomic E-state index is 14.5. The minimum Gasteiger partial charge on any atom is -0.365 e. The number of primary amides is 1. The predicted octanol–water partition coefficient (Wildman–Crippen LogP) is 3.27. The second-order valence-corrected chi connectivity index (χ2v) is 7.20. The van der Waals surface area contributed by atoms with Crippen LogP contribution in [0, 0.1) is 5.82 Å². The van der Waals surface area contributed by atoms with Crippen molar-refractivity contribution in [2.45, 2.75) is 51.0 Å². The Hall–Kier alpha value is -2.74. The molecule has 2 aromatic rings. The SMILES string of the molecule is CCCC[C@H](CN)Nc1nc(Nc2cncc(C3CC3)c2)c(C(N)=O)cc1F. The summed E-state index contributed by atoms with van der Waals surface area (Å²) in [6, 6.07) is 2.97. The highest BCUT2D eigenvalue weighted by Crippen LogP contribution is 2.40. The van der Waals surface area contributed by atoms with E-state index in [1.165, 1.54) is 0 Å². The molecule has 0 aliphatic heterocycles. The van der Waals surface area contributed by atoms with Gasteiger partial charge < -0.3 is 22.1 Å². The minimum absolute atomic E-state index is 0.0160. The summed E-state index contributed by atoms with van der Waals surface area (Å²) >= 11 is 0. The molecule has 150 valence electrons. The van der Waals surface area contributed by atoms with Crippen molar-refractivity contribution >= 4 is 23.2 Å². The molecule has 7 nitrogen and oxygen atoms in total. The fraction of sp³-hybridized carbons (Fsp3) is 0.450. The molecule has 0 bridgehead atoms. The van der Waals surface area contributed by atoms with Crippen LogP contribution in [0.4, 0.5) is 21.7 Å². The van der Waals surface area contributed by atoms with E-state index in [0.717, 1.165) is 43.7 Å². The first kappa shape index (κ1) is 20.0. The molecule has 3 rings (SSSR count). The molecule has 0 spiro atoms. The zero-order valence-corrected chi connectivity index (χ0v) is 16.0. The number of anilines is 3. The number of pyridine rings is 2. The Morgan fingerprint density at radius 2 is 2.11 bits per heavy atom. The number of rotatable bonds is 10. The lowest BCUT2D eigenvalue weighted by Crippen LogP contribution is -2.30. The van der Waals surface area contributed by atoms with Crippen LogP contribution in [0.3, 0.4) is 0 Å². The van der Waals surface area contributed by atoms with Gasteiger partial charge in [-0.25, -0.2) is 9.37 Å². The summed E-state index contributed by atoms with van der Waals surface area (Å²) in [7, 11) is 0. The summed E-state index contributed by atoms with van der Waals surface area (Å²) in [5.41, 5.74) is 13.0. The Labute approximate surface area is 164 Å². The maximum Gasteiger partial charge on any atom is 0.252 e. The molecular weight excluding hydrogens is 359 g/mol. The molecule has 1 aliphatic carbocycles. The lowest BCUT2D eigenvalue weighted by Gasteiger charge is -2.19. The van der Waals surface area contributed by atoms with Crippen molar-refractivity contribution in [2.75, 3.05) is 17.2 Å². The van der Waals surface area contributed by atoms with Gasteiger partial charge in [0.15, 0.2) is 11.6 Å². The molecular formula is C20H27FN6O. The van der Waals surface area contributed by atoms with Gasteiger partial charge in [-0.1, -0.05) is 19.8 Å². The van der Waals surface area contributed by atoms with Crippen molar-refractivity contribution in [1.82, 2.24) is 9.97 Å². The van der Waals surface area contributed by atoms with Gasteiger partial charge in [-0.3, -0.25) is 9.78 Å². The van der Waals surface area contributed by atoms with E-state index in [-0.39, 0.29) is 23.2 Å². The van der Waals surface area contributed by atoms with Crippen molar-refractivity contribution < 1.29 is 9.18 Å². The van der Waals surface area contributed by atoms with Crippen LogP contribution in [-0.4, -0.2) is 28.5 Å². The van der Waals surface area contributed by atoms with E-state index in [1.54, 1.807) is 6.20 Å². The molecule has 2 heterocycles. The summed E-state index contributed by atoms with van der Waals surface area (Å²) < 4.78 is 14.5. The van der Waals surface area contributed by atoms with Gasteiger partial charge in [0.25, 0.3) is 5.91 Å². The lowest BCUT2D eigenvalue weighted by atomic mass is 10.1. The predicted molar refractivity (Wildman–Crippen MR) is 108 cm³/mol. The lowest BCUT2D eigenvalue weighted by molar-refractivity contribution is 0.100. The molecule has 1 fully saturated rings. The summed E-state index contributed by atoms with van der Waals surface area (Å²) in [6.07, 6.45) is 8.58. The average Bonchev–Trinajstić information content (AvgIpc) is 3.52. The molecule has 0 radical (unpaired) electrons. The van der Waals surface area contributed by atoms with E-state index in [2.05, 4.69) is 27.5 Å². The highest BCUT2D eigenvalue weighted by molar-refractivity contribution is 5.98. The van der Waals surface area contributed by atoms with Crippen molar-refractivity contribution in [3.05, 3.63) is 41.5 Å². The van der Waals surface area contributed by atoms with Gasteiger partial charge >= 0.3 is 0 Å². The van der Waals surface area contributed by atoms with Gasteiger partial charge in [0.05, 0.1) is 17.4 Å². The van der Waals surface area contributed by atoms with Crippen LogP contribution in [0.5, 0.6) is 0 Å². The Balaban J connectivity index is 1.87. The number of halogens is 1. The van der Waals surface area contributed by atoms with Crippen LogP contribution in [0.15, 0.2) is 24.5 Å². The third kappa shape index (κ3) is 4.95. The third-order valence-electron chi connectivity index (χ3n) is 4.84. The summed E-state index contributed by atoms with van der Waals surface area (Å²) in [5, 5.41) is 6.11. The number of nitrogens with two attached hydrogens (primary N) is 2. The average molecular weight is 386 g/mol. The first-order chi connectivity index (χ1) is 13.5. The number of hydrogen-bond donors (Lipinski definition) is 4. The number of hydrogen-bond acceptors (Lipinski definition) is 6. The van der Waals surface area contributed by atoms with E-state index in [4.69, 9.17) is 11.5 Å². The molecule has 6 N–H and O–H groups in total. The zero-order chi connectivity index (χ0) is 20.1. The Bertz CT molecular complexity index is 839. The Morgan fingerprint density at radius 3 is 2.75 bits per heavy atom. The standard InChI is InChI=1S/C20H27FN6O/c1-2-3-4-14(9-22)25-20-17(21)8-16(18(23)28)19(27-20)26-15-7-13(10-24-11-15)12-5-6-12/h7-8,10-12,14H,2-6,9,22H2,1H3,(H2,23,28)(H2,25,26,27)/t14-/m1/s1. The molecule has 1 atom stereocenters. The number of aromatic nitrogens is 2. The van der Waals surface area contributed by atoms with Crippen molar-refractivity contribution in [1.29, 1.82) is 0 Å². The van der Waals surface area contributed by atoms with Crippen LogP contribution in [0.25, 0.3) is 0 Å². The molecule has 2 aromatic heterocycles. The van der Waals surface area contributed by atoms with Crippen LogP contribution in [0.2, 0.25) is 0 Å². The zero-order valence-electron chi connectivity index (χ0n) is 16.0. The minimum atomic E-state index is -0.756. The Kier molecular flexibility index (Phi) is 6.41. The fourth-order valence-corrected chi connectivity index (χ4v) is 3.07. The molecule has 0 unspecified atom stereocenters. The maximum atomic E-state index is 14.5. The van der Waals surface area contributed by atoms with Crippen molar-refractivity contribution in [2.24, 2.45) is 11.5 Å². The van der Waals surface area contributed by atoms with Crippen LogP contribution in [-0.2, 0) is 0 Å². The molecule has 8 heteroatoms. The van der Waals surface area contributed by atoms with Gasteiger partial charge in [0.2, 0.25) is 0 Å². The van der Waals surface area contributed by atoms with E-state index < -0.39 is 11.7 Å². The molecule has 28 heavy (non-hydrogen) atoms. The molecule has 1 amide bonds. The Morgan fingerprint density at radius 1 is 1.32 bits per heavy atom. The number of carbonyl (C=O) groups is 1. The molecule has 0 saturated heterocycles. The summed E-state index contributed by atoms with van der Waals surface area (Å²) in [4.78, 5) is 20.3. The molecule has 1 aliphatic rings. The number of amides is 1. The number of unbranched alkanes of at least 4 members (excludes halogenated alkanes) is 1. The number of nitrogens with zero attached hydrogens (tertiary/aromatic N) is 2. The highest BCUT2D eigenvalue weighted by Gasteiger charge is 2.24. The summed E-state index contributed by atoms with van der Waals surface area (Å²) in [6.45, 7) is 2.44.